The molecule has 2 aromatic carbocycles. The summed E-state index contributed by atoms with van der Waals surface area (Å²) >= 11 is 5.61. The molecule has 1 unspecified atom stereocenters. The highest BCUT2D eigenvalue weighted by molar-refractivity contribution is 8.09. The molecule has 0 radical (unpaired) electrons. The summed E-state index contributed by atoms with van der Waals surface area (Å²) in [6.45, 7) is 0.626. The van der Waals surface area contributed by atoms with Gasteiger partial charge in [0.2, 0.25) is 0 Å². The number of halogens is 2. The van der Waals surface area contributed by atoms with Crippen LogP contribution in [0.5, 0.6) is 5.75 Å². The van der Waals surface area contributed by atoms with Crippen LogP contribution in [-0.4, -0.2) is 57.0 Å². The Labute approximate surface area is 238 Å². The zero-order valence-electron chi connectivity index (χ0n) is 22.6. The number of esters is 1. The Morgan fingerprint density at radius 1 is 1.20 bits per heavy atom. The Balaban J connectivity index is 1.62. The van der Waals surface area contributed by atoms with Crippen molar-refractivity contribution in [3.05, 3.63) is 75.6 Å². The minimum Gasteiger partial charge on any atom is -0.462 e. The number of alkyl halides is 2. The van der Waals surface area contributed by atoms with Gasteiger partial charge in [0.15, 0.2) is 18.0 Å². The van der Waals surface area contributed by atoms with E-state index < -0.39 is 66.5 Å². The molecule has 222 valence electrons. The predicted molar refractivity (Wildman–Crippen MR) is 149 cm³/mol. The molecule has 0 amide bonds. The topological polar surface area (TPSA) is 141 Å². The standard InChI is InChI=1S/C26H30F2N3O8PS/c1-15(2)37-21(33)16(3)30-40(41,39-19-10-9-17-7-5-6-8-18(17)13-19)36-14-26(28)22(34)25(4,27)23(38-26)31-12-11-20(32)29-24(31)35/h5-13,15-16,22-23,34H,14H2,1-4H3,(H,30,41)(H,29,32,35)/t16-,22-,23+,25+,26+,40?/m0/s1. The van der Waals surface area contributed by atoms with Crippen molar-refractivity contribution in [1.29, 1.82) is 0 Å². The van der Waals surface area contributed by atoms with Crippen molar-refractivity contribution < 1.29 is 37.2 Å². The Bertz CT molecular complexity index is 1600. The van der Waals surface area contributed by atoms with E-state index in [9.17, 15) is 19.5 Å². The third-order valence-corrected chi connectivity index (χ3v) is 8.75. The lowest BCUT2D eigenvalue weighted by molar-refractivity contribution is -0.203. The van der Waals surface area contributed by atoms with E-state index in [1.54, 1.807) is 32.0 Å². The van der Waals surface area contributed by atoms with Gasteiger partial charge >= 0.3 is 18.3 Å². The van der Waals surface area contributed by atoms with Crippen LogP contribution < -0.4 is 20.9 Å². The number of rotatable bonds is 10. The molecule has 0 bridgehead atoms. The second-order valence-corrected chi connectivity index (χ2v) is 13.2. The van der Waals surface area contributed by atoms with Crippen LogP contribution in [0.4, 0.5) is 8.78 Å². The fraction of sp³-hybridized carbons (Fsp3) is 0.423. The van der Waals surface area contributed by atoms with Gasteiger partial charge in [0, 0.05) is 12.3 Å². The molecule has 1 saturated heterocycles. The molecular weight excluding hydrogens is 583 g/mol. The van der Waals surface area contributed by atoms with Gasteiger partial charge in [-0.1, -0.05) is 30.3 Å². The minimum absolute atomic E-state index is 0.234. The molecular formula is C26H30F2N3O8PS. The predicted octanol–water partition coefficient (Wildman–Crippen LogP) is 3.22. The number of ether oxygens (including phenoxy) is 2. The molecule has 1 fully saturated rings. The van der Waals surface area contributed by atoms with Crippen LogP contribution in [0.3, 0.4) is 0 Å². The van der Waals surface area contributed by atoms with Gasteiger partial charge < -0.3 is 23.6 Å². The summed E-state index contributed by atoms with van der Waals surface area (Å²) in [5, 5.41) is 15.1. The van der Waals surface area contributed by atoms with Crippen molar-refractivity contribution in [2.75, 3.05) is 6.61 Å². The Morgan fingerprint density at radius 3 is 2.54 bits per heavy atom. The lowest BCUT2D eigenvalue weighted by Gasteiger charge is -2.30. The average molecular weight is 614 g/mol. The number of nitrogens with zero attached hydrogens (tertiary/aromatic N) is 1. The minimum atomic E-state index is -3.83. The number of carbonyl (C=O) groups is 1. The van der Waals surface area contributed by atoms with E-state index in [0.717, 1.165) is 30.0 Å². The molecule has 2 heterocycles. The van der Waals surface area contributed by atoms with Crippen LogP contribution in [0.15, 0.2) is 64.3 Å². The largest absolute Gasteiger partial charge is 0.462 e. The maximum atomic E-state index is 16.1. The van der Waals surface area contributed by atoms with Crippen LogP contribution in [0.1, 0.15) is 33.9 Å². The van der Waals surface area contributed by atoms with E-state index >= 15 is 8.78 Å². The average Bonchev–Trinajstić information content (AvgIpc) is 3.07. The molecule has 3 N–H and O–H groups in total. The number of hydrogen-bond acceptors (Lipinski definition) is 9. The molecule has 6 atom stereocenters. The second kappa shape index (κ2) is 11.7. The van der Waals surface area contributed by atoms with Crippen molar-refractivity contribution in [3.8, 4) is 5.75 Å². The number of benzene rings is 2. The summed E-state index contributed by atoms with van der Waals surface area (Å²) in [6.07, 6.45) is -3.94. The molecule has 41 heavy (non-hydrogen) atoms. The number of aromatic nitrogens is 2. The summed E-state index contributed by atoms with van der Waals surface area (Å²) in [6, 6.07) is 12.3. The number of hydrogen-bond donors (Lipinski definition) is 3. The maximum absolute atomic E-state index is 16.1. The van der Waals surface area contributed by atoms with Gasteiger partial charge in [0.25, 0.3) is 11.4 Å². The molecule has 3 aromatic rings. The van der Waals surface area contributed by atoms with Gasteiger partial charge in [-0.3, -0.25) is 19.1 Å². The lowest BCUT2D eigenvalue weighted by Crippen LogP contribution is -2.47. The Hall–Kier alpha value is -3.00. The molecule has 0 spiro atoms. The molecule has 0 saturated carbocycles. The Kier molecular flexibility index (Phi) is 8.84. The normalized spacial score (nSPS) is 26.5. The first-order valence-electron chi connectivity index (χ1n) is 12.6. The quantitative estimate of drug-likeness (QED) is 0.231. The number of aromatic amines is 1. The molecule has 4 rings (SSSR count). The molecule has 15 heteroatoms. The molecule has 1 aliphatic heterocycles. The van der Waals surface area contributed by atoms with Gasteiger partial charge in [-0.15, -0.1) is 0 Å². The summed E-state index contributed by atoms with van der Waals surface area (Å²) in [7, 11) is 0. The smallest absolute Gasteiger partial charge is 0.330 e. The van der Waals surface area contributed by atoms with E-state index in [2.05, 4.69) is 5.09 Å². The van der Waals surface area contributed by atoms with Crippen LogP contribution in [0.2, 0.25) is 0 Å². The highest BCUT2D eigenvalue weighted by atomic mass is 32.5. The summed E-state index contributed by atoms with van der Waals surface area (Å²) in [5.74, 6) is -3.66. The number of carbonyl (C=O) groups excluding carboxylic acids is 1. The molecule has 11 nitrogen and oxygen atoms in total. The SMILES string of the molecule is CC(C)OC(=O)[C@H](C)NP(=S)(OC[C@@]1(F)O[C@@H](n2ccc(=O)[nH]c2=O)[C@](C)(F)[C@@H]1O)Oc1ccc2ccccc2c1. The monoisotopic (exact) mass is 613 g/mol. The molecule has 1 aromatic heterocycles. The summed E-state index contributed by atoms with van der Waals surface area (Å²) in [4.78, 5) is 38.1. The number of aliphatic hydroxyl groups excluding tert-OH is 1. The second-order valence-electron chi connectivity index (χ2n) is 10.0. The zero-order chi connectivity index (χ0) is 30.2. The van der Waals surface area contributed by atoms with Gasteiger partial charge in [0.1, 0.15) is 18.4 Å². The van der Waals surface area contributed by atoms with Gasteiger partial charge in [0.05, 0.1) is 6.10 Å². The van der Waals surface area contributed by atoms with Crippen LogP contribution >= 0.6 is 6.64 Å². The van der Waals surface area contributed by atoms with Crippen LogP contribution in [-0.2, 0) is 30.6 Å². The summed E-state index contributed by atoms with van der Waals surface area (Å²) in [5.41, 5.74) is -4.68. The first-order valence-corrected chi connectivity index (χ1v) is 15.2. The van der Waals surface area contributed by atoms with Crippen molar-refractivity contribution >= 4 is 35.2 Å². The van der Waals surface area contributed by atoms with E-state index in [1.165, 1.54) is 6.92 Å². The van der Waals surface area contributed by atoms with Crippen LogP contribution in [0, 0.1) is 0 Å². The van der Waals surface area contributed by atoms with Gasteiger partial charge in [-0.25, -0.2) is 18.7 Å². The number of aliphatic hydroxyl groups is 1. The van der Waals surface area contributed by atoms with Crippen LogP contribution in [0.25, 0.3) is 10.8 Å². The highest BCUT2D eigenvalue weighted by Crippen LogP contribution is 2.51. The zero-order valence-corrected chi connectivity index (χ0v) is 24.3. The van der Waals surface area contributed by atoms with Crippen molar-refractivity contribution in [2.24, 2.45) is 0 Å². The van der Waals surface area contributed by atoms with E-state index in [0.29, 0.717) is 4.57 Å². The fourth-order valence-corrected chi connectivity index (χ4v) is 6.61. The third kappa shape index (κ3) is 6.74. The number of fused-ring (bicyclic) bond motifs is 1. The van der Waals surface area contributed by atoms with E-state index in [-0.39, 0.29) is 5.75 Å². The van der Waals surface area contributed by atoms with Gasteiger partial charge in [-0.2, -0.15) is 0 Å². The number of nitrogens with one attached hydrogen (secondary N) is 2. The van der Waals surface area contributed by atoms with Crippen molar-refractivity contribution in [3.63, 3.8) is 0 Å². The van der Waals surface area contributed by atoms with E-state index in [4.69, 9.17) is 30.3 Å². The first-order chi connectivity index (χ1) is 19.1. The number of H-pyrrole nitrogens is 1. The maximum Gasteiger partial charge on any atom is 0.330 e. The third-order valence-electron chi connectivity index (χ3n) is 6.27. The van der Waals surface area contributed by atoms with Crippen molar-refractivity contribution in [1.82, 2.24) is 14.6 Å². The van der Waals surface area contributed by atoms with Gasteiger partial charge in [-0.05, 0) is 62.4 Å². The Morgan fingerprint density at radius 2 is 1.88 bits per heavy atom. The highest BCUT2D eigenvalue weighted by Gasteiger charge is 2.65. The molecule has 1 aliphatic rings. The summed E-state index contributed by atoms with van der Waals surface area (Å²) < 4.78 is 54.4. The first kappa shape index (κ1) is 30.9. The molecule has 0 aliphatic carbocycles. The van der Waals surface area contributed by atoms with E-state index in [1.807, 2.05) is 29.2 Å². The van der Waals surface area contributed by atoms with Crippen molar-refractivity contribution in [2.45, 2.75) is 63.7 Å². The lowest BCUT2D eigenvalue weighted by atomic mass is 9.97. The fourth-order valence-electron chi connectivity index (χ4n) is 4.23.